The summed E-state index contributed by atoms with van der Waals surface area (Å²) < 4.78 is 2.29. The van der Waals surface area contributed by atoms with Crippen molar-refractivity contribution in [1.29, 1.82) is 0 Å². The molecule has 4 heterocycles. The number of aromatic nitrogens is 1. The third-order valence-electron chi connectivity index (χ3n) is 5.73. The van der Waals surface area contributed by atoms with E-state index in [1.54, 1.807) is 11.8 Å². The number of thioether (sulfide) groups is 1. The summed E-state index contributed by atoms with van der Waals surface area (Å²) in [7, 11) is 0. The Morgan fingerprint density at radius 2 is 2.00 bits per heavy atom. The van der Waals surface area contributed by atoms with E-state index in [9.17, 15) is 14.7 Å². The second kappa shape index (κ2) is 7.03. The Labute approximate surface area is 169 Å². The normalized spacial score (nSPS) is 21.4. The fourth-order valence-electron chi connectivity index (χ4n) is 4.25. The summed E-state index contributed by atoms with van der Waals surface area (Å²) in [5.74, 6) is 0.449. The summed E-state index contributed by atoms with van der Waals surface area (Å²) >= 11 is 1.66. The number of carbonyl (C=O) groups excluding carboxylic acids is 1. The minimum absolute atomic E-state index is 0.00220. The van der Waals surface area contributed by atoms with Crippen LogP contribution in [0.5, 0.6) is 0 Å². The average molecular weight is 402 g/mol. The van der Waals surface area contributed by atoms with Gasteiger partial charge in [0.2, 0.25) is 5.91 Å². The lowest BCUT2D eigenvalue weighted by molar-refractivity contribution is -0.146. The van der Waals surface area contributed by atoms with E-state index >= 15 is 0 Å². The Bertz CT molecular complexity index is 897. The molecular formula is C21H27N3O3S. The van der Waals surface area contributed by atoms with Crippen molar-refractivity contribution in [3.8, 4) is 0 Å². The largest absolute Gasteiger partial charge is 0.477 e. The van der Waals surface area contributed by atoms with Gasteiger partial charge in [-0.05, 0) is 29.0 Å². The molecule has 150 valence electrons. The van der Waals surface area contributed by atoms with Gasteiger partial charge in [-0.1, -0.05) is 27.7 Å². The van der Waals surface area contributed by atoms with Crippen molar-refractivity contribution in [2.45, 2.75) is 57.9 Å². The molecule has 3 aliphatic heterocycles. The Morgan fingerprint density at radius 1 is 1.25 bits per heavy atom. The monoisotopic (exact) mass is 401 g/mol. The first-order valence-corrected chi connectivity index (χ1v) is 10.9. The number of rotatable bonds is 5. The molecular weight excluding hydrogens is 374 g/mol. The van der Waals surface area contributed by atoms with Gasteiger partial charge in [-0.2, -0.15) is 0 Å². The van der Waals surface area contributed by atoms with Crippen LogP contribution in [0.4, 0.5) is 0 Å². The highest BCUT2D eigenvalue weighted by molar-refractivity contribution is 8.00. The lowest BCUT2D eigenvalue weighted by Crippen LogP contribution is -2.54. The maximum absolute atomic E-state index is 12.0. The van der Waals surface area contributed by atoms with Crippen LogP contribution in [-0.2, 0) is 16.1 Å². The van der Waals surface area contributed by atoms with Crippen LogP contribution in [0.2, 0.25) is 0 Å². The van der Waals surface area contributed by atoms with Gasteiger partial charge in [0, 0.05) is 36.1 Å². The van der Waals surface area contributed by atoms with Gasteiger partial charge >= 0.3 is 5.97 Å². The van der Waals surface area contributed by atoms with E-state index in [-0.39, 0.29) is 17.0 Å². The minimum atomic E-state index is -0.998. The molecule has 4 rings (SSSR count). The molecule has 1 atom stereocenters. The molecule has 3 aliphatic rings. The molecule has 0 aromatic carbocycles. The van der Waals surface area contributed by atoms with Gasteiger partial charge in [0.05, 0.1) is 18.3 Å². The van der Waals surface area contributed by atoms with Crippen LogP contribution in [0.3, 0.4) is 0 Å². The summed E-state index contributed by atoms with van der Waals surface area (Å²) in [5, 5.41) is 9.71. The van der Waals surface area contributed by atoms with E-state index in [0.717, 1.165) is 12.1 Å². The molecule has 7 heteroatoms. The maximum atomic E-state index is 12.0. The van der Waals surface area contributed by atoms with Crippen LogP contribution >= 0.6 is 11.8 Å². The topological polar surface area (TPSA) is 65.8 Å². The second-order valence-electron chi connectivity index (χ2n) is 8.34. The summed E-state index contributed by atoms with van der Waals surface area (Å²) in [5.41, 5.74) is 4.95. The zero-order chi connectivity index (χ0) is 20.2. The summed E-state index contributed by atoms with van der Waals surface area (Å²) in [4.78, 5) is 27.4. The second-order valence-corrected chi connectivity index (χ2v) is 9.51. The van der Waals surface area contributed by atoms with E-state index in [1.165, 1.54) is 21.9 Å². The number of fused-ring (bicyclic) bond motifs is 2. The number of β-lactam (4-membered cyclic amide) rings is 1. The quantitative estimate of drug-likeness (QED) is 0.764. The van der Waals surface area contributed by atoms with Crippen molar-refractivity contribution < 1.29 is 14.7 Å². The molecule has 0 bridgehead atoms. The number of nitrogens with zero attached hydrogens (tertiary/aromatic N) is 3. The number of hydrogen-bond acceptors (Lipinski definition) is 4. The van der Waals surface area contributed by atoms with E-state index in [0.29, 0.717) is 30.6 Å². The Kier molecular flexibility index (Phi) is 4.81. The number of aliphatic carboxylic acids is 1. The number of carboxylic acids is 1. The molecule has 1 fully saturated rings. The summed E-state index contributed by atoms with van der Waals surface area (Å²) in [6.45, 7) is 10.1. The lowest BCUT2D eigenvalue weighted by Gasteiger charge is -2.44. The van der Waals surface area contributed by atoms with Crippen molar-refractivity contribution in [3.05, 3.63) is 40.5 Å². The Morgan fingerprint density at radius 3 is 2.61 bits per heavy atom. The molecule has 0 radical (unpaired) electrons. The van der Waals surface area contributed by atoms with Gasteiger partial charge in [-0.15, -0.1) is 11.8 Å². The molecule has 6 nitrogen and oxygen atoms in total. The zero-order valence-corrected chi connectivity index (χ0v) is 17.6. The van der Waals surface area contributed by atoms with Gasteiger partial charge in [0.15, 0.2) is 0 Å². The van der Waals surface area contributed by atoms with Crippen molar-refractivity contribution in [2.75, 3.05) is 12.3 Å². The van der Waals surface area contributed by atoms with Crippen molar-refractivity contribution in [2.24, 2.45) is 0 Å². The van der Waals surface area contributed by atoms with Gasteiger partial charge in [-0.25, -0.2) is 4.79 Å². The molecule has 0 saturated carbocycles. The van der Waals surface area contributed by atoms with Gasteiger partial charge in [0.25, 0.3) is 0 Å². The zero-order valence-electron chi connectivity index (χ0n) is 16.8. The molecule has 1 amide bonds. The van der Waals surface area contributed by atoms with Crippen LogP contribution in [-0.4, -0.2) is 49.0 Å². The third kappa shape index (κ3) is 3.05. The average Bonchev–Trinajstić information content (AvgIpc) is 3.00. The fraction of sp³-hybridized carbons (Fsp3) is 0.524. The summed E-state index contributed by atoms with van der Waals surface area (Å²) in [6, 6.07) is 2.31. The SMILES string of the molecule is CC(C)c1cc(C(C)C)n2c1CN(CC1=C(C(=O)O)N3C(=O)CC3SC1)C=C2. The molecule has 1 saturated heterocycles. The third-order valence-corrected chi connectivity index (χ3v) is 7.00. The van der Waals surface area contributed by atoms with E-state index in [2.05, 4.69) is 49.4 Å². The van der Waals surface area contributed by atoms with Gasteiger partial charge < -0.3 is 14.6 Å². The summed E-state index contributed by atoms with van der Waals surface area (Å²) in [6.07, 6.45) is 4.58. The number of carboxylic acid groups (broad SMARTS) is 1. The Hall–Kier alpha value is -2.15. The number of carbonyl (C=O) groups is 2. The first-order valence-electron chi connectivity index (χ1n) is 9.83. The van der Waals surface area contributed by atoms with Gasteiger partial charge in [0.1, 0.15) is 5.70 Å². The molecule has 0 aliphatic carbocycles. The number of hydrogen-bond donors (Lipinski definition) is 1. The standard InChI is InChI=1S/C21H27N3O3S/c1-12(2)15-7-16(13(3)4)23-6-5-22(10-17(15)23)9-14-11-28-19-8-18(25)24(19)20(14)21(26)27/h5-7,12-13,19H,8-11H2,1-4H3,(H,26,27). The van der Waals surface area contributed by atoms with Crippen LogP contribution in [0.1, 0.15) is 62.9 Å². The first kappa shape index (κ1) is 19.2. The molecule has 1 aromatic rings. The highest BCUT2D eigenvalue weighted by atomic mass is 32.2. The lowest BCUT2D eigenvalue weighted by atomic mass is 10.0. The first-order chi connectivity index (χ1) is 13.3. The molecule has 1 N–H and O–H groups in total. The van der Waals surface area contributed by atoms with E-state index in [4.69, 9.17) is 0 Å². The highest BCUT2D eigenvalue weighted by Crippen LogP contribution is 2.40. The van der Waals surface area contributed by atoms with Crippen molar-refractivity contribution >= 4 is 29.8 Å². The van der Waals surface area contributed by atoms with Crippen molar-refractivity contribution in [1.82, 2.24) is 14.4 Å². The van der Waals surface area contributed by atoms with Crippen LogP contribution in [0, 0.1) is 0 Å². The fourth-order valence-corrected chi connectivity index (χ4v) is 5.51. The highest BCUT2D eigenvalue weighted by Gasteiger charge is 2.45. The van der Waals surface area contributed by atoms with Crippen LogP contribution in [0.15, 0.2) is 23.5 Å². The van der Waals surface area contributed by atoms with Crippen LogP contribution in [0.25, 0.3) is 6.20 Å². The van der Waals surface area contributed by atoms with Crippen molar-refractivity contribution in [3.63, 3.8) is 0 Å². The minimum Gasteiger partial charge on any atom is -0.477 e. The molecule has 0 spiro atoms. The van der Waals surface area contributed by atoms with E-state index < -0.39 is 5.97 Å². The molecule has 28 heavy (non-hydrogen) atoms. The molecule has 1 unspecified atom stereocenters. The molecule has 1 aromatic heterocycles. The van der Waals surface area contributed by atoms with E-state index in [1.807, 2.05) is 6.20 Å². The smallest absolute Gasteiger partial charge is 0.352 e. The van der Waals surface area contributed by atoms with Crippen LogP contribution < -0.4 is 0 Å². The maximum Gasteiger partial charge on any atom is 0.352 e. The predicted octanol–water partition coefficient (Wildman–Crippen LogP) is 3.62. The predicted molar refractivity (Wildman–Crippen MR) is 111 cm³/mol. The number of amides is 1. The van der Waals surface area contributed by atoms with Gasteiger partial charge in [-0.3, -0.25) is 9.69 Å². The Balaban J connectivity index is 1.63.